The molecule has 2 amide bonds. The summed E-state index contributed by atoms with van der Waals surface area (Å²) >= 11 is 0. The number of anilines is 1. The molecule has 7 nitrogen and oxygen atoms in total. The Hall–Kier alpha value is -2.67. The van der Waals surface area contributed by atoms with Gasteiger partial charge in [0.2, 0.25) is 5.91 Å². The lowest BCUT2D eigenvalue weighted by Crippen LogP contribution is -2.36. The van der Waals surface area contributed by atoms with E-state index in [2.05, 4.69) is 15.6 Å². The van der Waals surface area contributed by atoms with E-state index in [4.69, 9.17) is 10.5 Å². The fourth-order valence-electron chi connectivity index (χ4n) is 2.56. The van der Waals surface area contributed by atoms with E-state index in [1.807, 2.05) is 51.1 Å². The number of ether oxygens (including phenoxy) is 1. The first-order valence-electron chi connectivity index (χ1n) is 9.13. The number of fused-ring (bicyclic) bond motifs is 1. The normalized spacial score (nSPS) is 12.4. The molecule has 2 rings (SSSR count). The number of amides is 2. The third kappa shape index (κ3) is 6.86. The van der Waals surface area contributed by atoms with Crippen LogP contribution in [0.5, 0.6) is 0 Å². The van der Waals surface area contributed by atoms with Gasteiger partial charge in [0.05, 0.1) is 17.2 Å². The van der Waals surface area contributed by atoms with Crippen molar-refractivity contribution < 1.29 is 14.3 Å². The van der Waals surface area contributed by atoms with Crippen molar-refractivity contribution in [2.75, 3.05) is 11.9 Å². The number of para-hydroxylation sites is 1. The van der Waals surface area contributed by atoms with Gasteiger partial charge in [-0.1, -0.05) is 18.2 Å². The number of hydrogen-bond donors (Lipinski definition) is 3. The zero-order valence-electron chi connectivity index (χ0n) is 16.1. The molecule has 4 N–H and O–H groups in total. The molecule has 0 aliphatic rings. The molecule has 0 aliphatic carbocycles. The Kier molecular flexibility index (Phi) is 7.12. The van der Waals surface area contributed by atoms with E-state index in [1.165, 1.54) is 0 Å². The van der Waals surface area contributed by atoms with E-state index >= 15 is 0 Å². The molecular weight excluding hydrogens is 344 g/mol. The predicted molar refractivity (Wildman–Crippen MR) is 106 cm³/mol. The molecule has 27 heavy (non-hydrogen) atoms. The van der Waals surface area contributed by atoms with Crippen molar-refractivity contribution in [3.8, 4) is 0 Å². The summed E-state index contributed by atoms with van der Waals surface area (Å²) < 4.78 is 5.16. The molecule has 0 spiro atoms. The van der Waals surface area contributed by atoms with E-state index < -0.39 is 17.7 Å². The van der Waals surface area contributed by atoms with Gasteiger partial charge in [0.25, 0.3) is 0 Å². The number of carbonyl (C=O) groups is 2. The lowest BCUT2D eigenvalue weighted by atomic mass is 10.1. The number of nitrogens with two attached hydrogens (primary N) is 1. The summed E-state index contributed by atoms with van der Waals surface area (Å²) in [6.45, 7) is 5.93. The number of unbranched alkanes of at least 4 members (excludes halogenated alkanes) is 1. The van der Waals surface area contributed by atoms with E-state index in [9.17, 15) is 9.59 Å². The number of alkyl carbamates (subject to hydrolysis) is 1. The SMILES string of the molecule is CC(C)(C)OC(=O)NCCCCC(N)C(=O)Nc1cccc2cccnc12. The molecule has 0 saturated heterocycles. The monoisotopic (exact) mass is 372 g/mol. The highest BCUT2D eigenvalue weighted by Gasteiger charge is 2.16. The standard InChI is InChI=1S/C20H28N4O3/c1-20(2,3)27-19(26)23-12-5-4-10-15(21)18(25)24-16-11-6-8-14-9-7-13-22-17(14)16/h6-9,11,13,15H,4-5,10,12,21H2,1-3H3,(H,23,26)(H,24,25). The quantitative estimate of drug-likeness (QED) is 0.647. The second kappa shape index (κ2) is 9.32. The average molecular weight is 372 g/mol. The Morgan fingerprint density at radius 1 is 1.19 bits per heavy atom. The third-order valence-electron chi connectivity index (χ3n) is 3.84. The van der Waals surface area contributed by atoms with Crippen LogP contribution in [0, 0.1) is 0 Å². The van der Waals surface area contributed by atoms with Gasteiger partial charge in [-0.2, -0.15) is 0 Å². The van der Waals surface area contributed by atoms with Gasteiger partial charge in [0.1, 0.15) is 5.60 Å². The topological polar surface area (TPSA) is 106 Å². The van der Waals surface area contributed by atoms with Gasteiger partial charge in [0, 0.05) is 18.1 Å². The van der Waals surface area contributed by atoms with Crippen molar-refractivity contribution in [3.63, 3.8) is 0 Å². The Morgan fingerprint density at radius 3 is 2.67 bits per heavy atom. The van der Waals surface area contributed by atoms with Crippen molar-refractivity contribution in [2.45, 2.75) is 51.7 Å². The van der Waals surface area contributed by atoms with Gasteiger partial charge >= 0.3 is 6.09 Å². The second-order valence-electron chi connectivity index (χ2n) is 7.40. The molecular formula is C20H28N4O3. The minimum Gasteiger partial charge on any atom is -0.444 e. The van der Waals surface area contributed by atoms with Crippen LogP contribution in [0.1, 0.15) is 40.0 Å². The van der Waals surface area contributed by atoms with Gasteiger partial charge in [-0.15, -0.1) is 0 Å². The molecule has 0 fully saturated rings. The highest BCUT2D eigenvalue weighted by atomic mass is 16.6. The van der Waals surface area contributed by atoms with Crippen molar-refractivity contribution in [2.24, 2.45) is 5.73 Å². The molecule has 1 unspecified atom stereocenters. The van der Waals surface area contributed by atoms with Crippen molar-refractivity contribution in [1.82, 2.24) is 10.3 Å². The smallest absolute Gasteiger partial charge is 0.407 e. The van der Waals surface area contributed by atoms with E-state index in [1.54, 1.807) is 6.20 Å². The maximum atomic E-state index is 12.3. The highest BCUT2D eigenvalue weighted by molar-refractivity contribution is 6.02. The number of nitrogens with one attached hydrogen (secondary N) is 2. The lowest BCUT2D eigenvalue weighted by molar-refractivity contribution is -0.117. The number of nitrogens with zero attached hydrogens (tertiary/aromatic N) is 1. The summed E-state index contributed by atoms with van der Waals surface area (Å²) in [6, 6.07) is 8.79. The summed E-state index contributed by atoms with van der Waals surface area (Å²) in [5, 5.41) is 6.50. The summed E-state index contributed by atoms with van der Waals surface area (Å²) in [7, 11) is 0. The molecule has 1 heterocycles. The lowest BCUT2D eigenvalue weighted by Gasteiger charge is -2.19. The summed E-state index contributed by atoms with van der Waals surface area (Å²) in [4.78, 5) is 28.2. The molecule has 0 radical (unpaired) electrons. The molecule has 1 aromatic heterocycles. The molecule has 1 aromatic carbocycles. The fourth-order valence-corrected chi connectivity index (χ4v) is 2.56. The number of pyridine rings is 1. The van der Waals surface area contributed by atoms with Crippen LogP contribution in [-0.4, -0.2) is 35.2 Å². The first kappa shape index (κ1) is 20.6. The maximum absolute atomic E-state index is 12.3. The van der Waals surface area contributed by atoms with Crippen LogP contribution in [0.2, 0.25) is 0 Å². The largest absolute Gasteiger partial charge is 0.444 e. The Balaban J connectivity index is 1.74. The van der Waals surface area contributed by atoms with Gasteiger partial charge in [-0.3, -0.25) is 9.78 Å². The molecule has 0 saturated carbocycles. The summed E-state index contributed by atoms with van der Waals surface area (Å²) in [6.07, 6.45) is 3.22. The van der Waals surface area contributed by atoms with Gasteiger partial charge in [0.15, 0.2) is 0 Å². The molecule has 2 aromatic rings. The van der Waals surface area contributed by atoms with Crippen LogP contribution < -0.4 is 16.4 Å². The maximum Gasteiger partial charge on any atom is 0.407 e. The van der Waals surface area contributed by atoms with Crippen LogP contribution >= 0.6 is 0 Å². The minimum absolute atomic E-state index is 0.242. The molecule has 146 valence electrons. The molecule has 7 heteroatoms. The van der Waals surface area contributed by atoms with Crippen LogP contribution in [0.25, 0.3) is 10.9 Å². The molecule has 0 bridgehead atoms. The number of carbonyl (C=O) groups excluding carboxylic acids is 2. The average Bonchev–Trinajstić information content (AvgIpc) is 2.60. The van der Waals surface area contributed by atoms with Crippen molar-refractivity contribution >= 4 is 28.6 Å². The fraction of sp³-hybridized carbons (Fsp3) is 0.450. The zero-order valence-corrected chi connectivity index (χ0v) is 16.1. The van der Waals surface area contributed by atoms with E-state index in [-0.39, 0.29) is 5.91 Å². The van der Waals surface area contributed by atoms with E-state index in [0.29, 0.717) is 18.7 Å². The molecule has 1 atom stereocenters. The predicted octanol–water partition coefficient (Wildman–Crippen LogP) is 3.20. The number of benzene rings is 1. The summed E-state index contributed by atoms with van der Waals surface area (Å²) in [5.74, 6) is -0.242. The van der Waals surface area contributed by atoms with Gasteiger partial charge in [-0.25, -0.2) is 4.79 Å². The zero-order chi connectivity index (χ0) is 19.9. The number of aromatic nitrogens is 1. The second-order valence-corrected chi connectivity index (χ2v) is 7.40. The number of hydrogen-bond acceptors (Lipinski definition) is 5. The van der Waals surface area contributed by atoms with Crippen LogP contribution in [-0.2, 0) is 9.53 Å². The van der Waals surface area contributed by atoms with Gasteiger partial charge in [-0.05, 0) is 52.2 Å². The first-order chi connectivity index (χ1) is 12.8. The summed E-state index contributed by atoms with van der Waals surface area (Å²) in [5.41, 5.74) is 6.87. The Morgan fingerprint density at radius 2 is 1.93 bits per heavy atom. The third-order valence-corrected chi connectivity index (χ3v) is 3.84. The highest BCUT2D eigenvalue weighted by Crippen LogP contribution is 2.20. The van der Waals surface area contributed by atoms with Crippen molar-refractivity contribution in [1.29, 1.82) is 0 Å². The van der Waals surface area contributed by atoms with Crippen LogP contribution in [0.3, 0.4) is 0 Å². The molecule has 0 aliphatic heterocycles. The van der Waals surface area contributed by atoms with Crippen LogP contribution in [0.4, 0.5) is 10.5 Å². The Bertz CT molecular complexity index is 781. The van der Waals surface area contributed by atoms with E-state index in [0.717, 1.165) is 23.7 Å². The first-order valence-corrected chi connectivity index (χ1v) is 9.13. The number of rotatable bonds is 7. The van der Waals surface area contributed by atoms with Crippen molar-refractivity contribution in [3.05, 3.63) is 36.5 Å². The van der Waals surface area contributed by atoms with Crippen LogP contribution in [0.15, 0.2) is 36.5 Å². The minimum atomic E-state index is -0.620. The van der Waals surface area contributed by atoms with Gasteiger partial charge < -0.3 is 21.1 Å². The Labute approximate surface area is 159 Å².